The molecular weight excluding hydrogens is 326 g/mol. The highest BCUT2D eigenvalue weighted by Gasteiger charge is 2.51. The molecule has 2 saturated heterocycles. The van der Waals surface area contributed by atoms with Gasteiger partial charge in [-0.15, -0.1) is 0 Å². The SMILES string of the molecule is CN1CC(COc2ccc(C#N)cn2)CC12CN(Cc1cccnc1)C2. The Morgan fingerprint density at radius 3 is 2.88 bits per heavy atom. The molecule has 1 spiro atoms. The van der Waals surface area contributed by atoms with Gasteiger partial charge in [-0.05, 0) is 31.2 Å². The molecule has 4 heterocycles. The van der Waals surface area contributed by atoms with Crippen LogP contribution in [0.15, 0.2) is 42.9 Å². The highest BCUT2D eigenvalue weighted by molar-refractivity contribution is 5.28. The molecule has 0 aliphatic carbocycles. The third-order valence-electron chi connectivity index (χ3n) is 5.51. The van der Waals surface area contributed by atoms with Crippen molar-refractivity contribution in [2.24, 2.45) is 5.92 Å². The van der Waals surface area contributed by atoms with Crippen LogP contribution in [0.2, 0.25) is 0 Å². The Kier molecular flexibility index (Phi) is 4.58. The number of ether oxygens (including phenoxy) is 1. The van der Waals surface area contributed by atoms with E-state index in [2.05, 4.69) is 39.0 Å². The summed E-state index contributed by atoms with van der Waals surface area (Å²) in [5, 5.41) is 8.82. The zero-order valence-corrected chi connectivity index (χ0v) is 15.0. The summed E-state index contributed by atoms with van der Waals surface area (Å²) < 4.78 is 5.85. The van der Waals surface area contributed by atoms with Crippen LogP contribution in [0.1, 0.15) is 17.5 Å². The molecule has 1 unspecified atom stereocenters. The van der Waals surface area contributed by atoms with Crippen molar-refractivity contribution >= 4 is 0 Å². The molecule has 6 nitrogen and oxygen atoms in total. The number of pyridine rings is 2. The number of nitrogens with zero attached hydrogens (tertiary/aromatic N) is 5. The molecule has 2 aliphatic heterocycles. The fourth-order valence-corrected chi connectivity index (χ4v) is 4.20. The minimum atomic E-state index is 0.286. The van der Waals surface area contributed by atoms with Crippen LogP contribution < -0.4 is 4.74 Å². The van der Waals surface area contributed by atoms with E-state index in [1.165, 1.54) is 5.56 Å². The van der Waals surface area contributed by atoms with Gasteiger partial charge in [0, 0.05) is 62.3 Å². The highest BCUT2D eigenvalue weighted by Crippen LogP contribution is 2.40. The van der Waals surface area contributed by atoms with E-state index in [0.717, 1.165) is 32.6 Å². The lowest BCUT2D eigenvalue weighted by Gasteiger charge is -2.52. The molecule has 134 valence electrons. The summed E-state index contributed by atoms with van der Waals surface area (Å²) in [7, 11) is 2.22. The molecule has 0 saturated carbocycles. The van der Waals surface area contributed by atoms with Crippen LogP contribution >= 0.6 is 0 Å². The quantitative estimate of drug-likeness (QED) is 0.822. The van der Waals surface area contributed by atoms with Gasteiger partial charge in [-0.25, -0.2) is 4.98 Å². The van der Waals surface area contributed by atoms with Gasteiger partial charge in [0.2, 0.25) is 5.88 Å². The second kappa shape index (κ2) is 7.02. The summed E-state index contributed by atoms with van der Waals surface area (Å²) in [5.74, 6) is 1.11. The first-order valence-electron chi connectivity index (χ1n) is 8.98. The van der Waals surface area contributed by atoms with Crippen molar-refractivity contribution in [2.45, 2.75) is 18.5 Å². The van der Waals surface area contributed by atoms with E-state index in [1.807, 2.05) is 18.5 Å². The number of hydrogen-bond donors (Lipinski definition) is 0. The lowest BCUT2D eigenvalue weighted by Crippen LogP contribution is -2.66. The molecule has 6 heteroatoms. The number of hydrogen-bond acceptors (Lipinski definition) is 6. The van der Waals surface area contributed by atoms with Crippen molar-refractivity contribution in [1.82, 2.24) is 19.8 Å². The number of likely N-dealkylation sites (N-methyl/N-ethyl adjacent to an activating group) is 1. The second-order valence-electron chi connectivity index (χ2n) is 7.49. The maximum atomic E-state index is 8.82. The maximum Gasteiger partial charge on any atom is 0.213 e. The van der Waals surface area contributed by atoms with Crippen molar-refractivity contribution in [3.63, 3.8) is 0 Å². The zero-order valence-electron chi connectivity index (χ0n) is 15.0. The van der Waals surface area contributed by atoms with Gasteiger partial charge in [0.05, 0.1) is 12.2 Å². The van der Waals surface area contributed by atoms with Gasteiger partial charge in [0.15, 0.2) is 0 Å². The van der Waals surface area contributed by atoms with Crippen molar-refractivity contribution in [2.75, 3.05) is 33.3 Å². The first kappa shape index (κ1) is 17.0. The molecule has 0 radical (unpaired) electrons. The van der Waals surface area contributed by atoms with Gasteiger partial charge in [-0.2, -0.15) is 5.26 Å². The van der Waals surface area contributed by atoms with E-state index in [-0.39, 0.29) is 5.54 Å². The van der Waals surface area contributed by atoms with E-state index in [0.29, 0.717) is 24.0 Å². The molecule has 0 bridgehead atoms. The van der Waals surface area contributed by atoms with Crippen LogP contribution in [0.3, 0.4) is 0 Å². The van der Waals surface area contributed by atoms with Gasteiger partial charge in [0.1, 0.15) is 6.07 Å². The van der Waals surface area contributed by atoms with E-state index in [9.17, 15) is 0 Å². The Morgan fingerprint density at radius 1 is 1.31 bits per heavy atom. The van der Waals surface area contributed by atoms with Crippen LogP contribution in [0, 0.1) is 17.2 Å². The van der Waals surface area contributed by atoms with E-state index >= 15 is 0 Å². The Bertz CT molecular complexity index is 780. The predicted molar refractivity (Wildman–Crippen MR) is 97.4 cm³/mol. The topological polar surface area (TPSA) is 65.3 Å². The van der Waals surface area contributed by atoms with Gasteiger partial charge < -0.3 is 4.74 Å². The van der Waals surface area contributed by atoms with Crippen LogP contribution in [-0.4, -0.2) is 58.6 Å². The fourth-order valence-electron chi connectivity index (χ4n) is 4.20. The van der Waals surface area contributed by atoms with Crippen LogP contribution in [-0.2, 0) is 6.54 Å². The third kappa shape index (κ3) is 3.41. The summed E-state index contributed by atoms with van der Waals surface area (Å²) >= 11 is 0. The van der Waals surface area contributed by atoms with E-state index < -0.39 is 0 Å². The lowest BCUT2D eigenvalue weighted by atomic mass is 9.84. The molecule has 1 atom stereocenters. The van der Waals surface area contributed by atoms with Crippen molar-refractivity contribution < 1.29 is 4.74 Å². The summed E-state index contributed by atoms with van der Waals surface area (Å²) in [4.78, 5) is 13.4. The summed E-state index contributed by atoms with van der Waals surface area (Å²) in [6.07, 6.45) is 6.48. The summed E-state index contributed by atoms with van der Waals surface area (Å²) in [6, 6.07) is 9.72. The van der Waals surface area contributed by atoms with Crippen LogP contribution in [0.4, 0.5) is 0 Å². The normalized spacial score (nSPS) is 22.1. The summed E-state index contributed by atoms with van der Waals surface area (Å²) in [5.41, 5.74) is 2.11. The van der Waals surface area contributed by atoms with E-state index in [4.69, 9.17) is 10.00 Å². The Balaban J connectivity index is 1.27. The smallest absolute Gasteiger partial charge is 0.213 e. The van der Waals surface area contributed by atoms with Gasteiger partial charge >= 0.3 is 0 Å². The Hall–Kier alpha value is -2.49. The fraction of sp³-hybridized carbons (Fsp3) is 0.450. The summed E-state index contributed by atoms with van der Waals surface area (Å²) in [6.45, 7) is 4.90. The molecule has 4 rings (SSSR count). The third-order valence-corrected chi connectivity index (χ3v) is 5.51. The standard InChI is InChI=1S/C20H23N5O/c1-24-11-18(13-26-19-5-4-16(8-21)10-23-19)7-20(24)14-25(15-20)12-17-3-2-6-22-9-17/h2-6,9-10,18H,7,11-15H2,1H3. The monoisotopic (exact) mass is 349 g/mol. The average Bonchev–Trinajstić information content (AvgIpc) is 2.97. The van der Waals surface area contributed by atoms with Crippen molar-refractivity contribution in [3.8, 4) is 11.9 Å². The van der Waals surface area contributed by atoms with Crippen molar-refractivity contribution in [3.05, 3.63) is 54.0 Å². The number of nitriles is 1. The first-order chi connectivity index (χ1) is 12.7. The predicted octanol–water partition coefficient (Wildman–Crippen LogP) is 1.93. The molecular formula is C20H23N5O. The zero-order chi connectivity index (χ0) is 18.0. The Labute approximate surface area is 154 Å². The van der Waals surface area contributed by atoms with Crippen molar-refractivity contribution in [1.29, 1.82) is 5.26 Å². The first-order valence-corrected chi connectivity index (χ1v) is 8.98. The minimum Gasteiger partial charge on any atom is -0.477 e. The molecule has 2 aliphatic rings. The molecule has 0 amide bonds. The van der Waals surface area contributed by atoms with E-state index in [1.54, 1.807) is 18.3 Å². The number of likely N-dealkylation sites (tertiary alicyclic amines) is 2. The largest absolute Gasteiger partial charge is 0.477 e. The number of rotatable bonds is 5. The van der Waals surface area contributed by atoms with Crippen LogP contribution in [0.5, 0.6) is 5.88 Å². The van der Waals surface area contributed by atoms with Crippen LogP contribution in [0.25, 0.3) is 0 Å². The average molecular weight is 349 g/mol. The van der Waals surface area contributed by atoms with Gasteiger partial charge in [-0.3, -0.25) is 14.8 Å². The highest BCUT2D eigenvalue weighted by atomic mass is 16.5. The molecule has 0 N–H and O–H groups in total. The second-order valence-corrected chi connectivity index (χ2v) is 7.49. The van der Waals surface area contributed by atoms with Gasteiger partial charge in [0.25, 0.3) is 0 Å². The number of aromatic nitrogens is 2. The molecule has 0 aromatic carbocycles. The Morgan fingerprint density at radius 2 is 2.19 bits per heavy atom. The lowest BCUT2D eigenvalue weighted by molar-refractivity contribution is -0.0223. The maximum absolute atomic E-state index is 8.82. The molecule has 2 aromatic rings. The minimum absolute atomic E-state index is 0.286. The molecule has 2 aromatic heterocycles. The van der Waals surface area contributed by atoms with Gasteiger partial charge in [-0.1, -0.05) is 6.07 Å². The molecule has 26 heavy (non-hydrogen) atoms. The molecule has 2 fully saturated rings.